The Morgan fingerprint density at radius 2 is 1.59 bits per heavy atom. The van der Waals surface area contributed by atoms with Crippen molar-refractivity contribution in [2.24, 2.45) is 0 Å². The normalized spacial score (nSPS) is 12.2. The van der Waals surface area contributed by atoms with E-state index in [1.54, 1.807) is 13.0 Å². The molecule has 0 saturated heterocycles. The summed E-state index contributed by atoms with van der Waals surface area (Å²) in [7, 11) is 0. The van der Waals surface area contributed by atoms with Crippen LogP contribution >= 0.6 is 23.4 Å². The summed E-state index contributed by atoms with van der Waals surface area (Å²) in [6.07, 6.45) is -4.42. The summed E-state index contributed by atoms with van der Waals surface area (Å²) >= 11 is 7.56. The number of hydrogen-bond donors (Lipinski definition) is 2. The number of nitrogens with one attached hydrogen (secondary N) is 2. The molecule has 4 nitrogen and oxygen atoms in total. The van der Waals surface area contributed by atoms with Crippen molar-refractivity contribution >= 4 is 41.0 Å². The average Bonchev–Trinajstić information content (AvgIpc) is 2.75. The molecule has 3 aromatic rings. The summed E-state index contributed by atoms with van der Waals surface area (Å²) in [4.78, 5) is 24.7. The minimum Gasteiger partial charge on any atom is -0.308 e. The van der Waals surface area contributed by atoms with E-state index >= 15 is 0 Å². The monoisotopic (exact) mass is 514 g/mol. The van der Waals surface area contributed by atoms with Crippen LogP contribution in [0.2, 0.25) is 5.02 Å². The van der Waals surface area contributed by atoms with Crippen molar-refractivity contribution in [2.75, 3.05) is 5.32 Å². The molecule has 0 aliphatic rings. The van der Waals surface area contributed by atoms with Crippen LogP contribution in [-0.2, 0) is 6.18 Å². The lowest BCUT2D eigenvalue weighted by atomic mass is 10.1. The fourth-order valence-corrected chi connectivity index (χ4v) is 4.22. The Balaban J connectivity index is 1.63. The van der Waals surface area contributed by atoms with E-state index in [9.17, 15) is 31.5 Å². The maximum Gasteiger partial charge on any atom is 0.416 e. The maximum absolute atomic E-state index is 13.7. The molecule has 0 spiro atoms. The van der Waals surface area contributed by atoms with Crippen molar-refractivity contribution in [1.29, 1.82) is 0 Å². The second-order valence-corrected chi connectivity index (χ2v) is 8.82. The first kappa shape index (κ1) is 25.5. The molecule has 1 unspecified atom stereocenters. The molecule has 0 bridgehead atoms. The largest absolute Gasteiger partial charge is 0.416 e. The van der Waals surface area contributed by atoms with Crippen LogP contribution in [0.1, 0.15) is 33.7 Å². The van der Waals surface area contributed by atoms with Crippen LogP contribution in [0.15, 0.2) is 65.6 Å². The summed E-state index contributed by atoms with van der Waals surface area (Å²) in [6.45, 7) is 1.80. The van der Waals surface area contributed by atoms with Crippen molar-refractivity contribution in [2.45, 2.75) is 23.2 Å². The first-order valence-electron chi connectivity index (χ1n) is 9.65. The number of amides is 3. The van der Waals surface area contributed by atoms with Crippen LogP contribution in [0.3, 0.4) is 0 Å². The highest BCUT2D eigenvalue weighted by Crippen LogP contribution is 2.40. The van der Waals surface area contributed by atoms with Gasteiger partial charge in [-0.25, -0.2) is 13.6 Å². The van der Waals surface area contributed by atoms with Gasteiger partial charge in [-0.3, -0.25) is 10.1 Å². The lowest BCUT2D eigenvalue weighted by Crippen LogP contribution is -2.35. The number of carbonyl (C=O) groups is 2. The van der Waals surface area contributed by atoms with E-state index in [0.717, 1.165) is 30.3 Å². The molecule has 11 heteroatoms. The molecule has 2 N–H and O–H groups in total. The van der Waals surface area contributed by atoms with Crippen LogP contribution in [0.25, 0.3) is 0 Å². The molecule has 3 amide bonds. The second-order valence-electron chi connectivity index (χ2n) is 7.03. The maximum atomic E-state index is 13.7. The van der Waals surface area contributed by atoms with Gasteiger partial charge in [0.25, 0.3) is 5.91 Å². The smallest absolute Gasteiger partial charge is 0.308 e. The molecule has 0 fully saturated rings. The number of anilines is 1. The van der Waals surface area contributed by atoms with Crippen molar-refractivity contribution in [3.8, 4) is 0 Å². The van der Waals surface area contributed by atoms with Gasteiger partial charge in [-0.2, -0.15) is 13.2 Å². The Morgan fingerprint density at radius 3 is 2.15 bits per heavy atom. The van der Waals surface area contributed by atoms with Gasteiger partial charge in [0.05, 0.1) is 10.6 Å². The summed E-state index contributed by atoms with van der Waals surface area (Å²) < 4.78 is 65.5. The van der Waals surface area contributed by atoms with Crippen molar-refractivity contribution in [3.05, 3.63) is 94.0 Å². The highest BCUT2D eigenvalue weighted by molar-refractivity contribution is 7.99. The number of rotatable bonds is 5. The van der Waals surface area contributed by atoms with E-state index < -0.39 is 40.9 Å². The van der Waals surface area contributed by atoms with Gasteiger partial charge in [0.15, 0.2) is 0 Å². The Bertz CT molecular complexity index is 1200. The first-order valence-corrected chi connectivity index (χ1v) is 10.9. The van der Waals surface area contributed by atoms with Crippen molar-refractivity contribution in [3.63, 3.8) is 0 Å². The molecular weight excluding hydrogens is 499 g/mol. The number of benzene rings is 3. The number of alkyl halides is 3. The van der Waals surface area contributed by atoms with Gasteiger partial charge < -0.3 is 5.32 Å². The molecule has 0 aliphatic heterocycles. The highest BCUT2D eigenvalue weighted by Gasteiger charge is 2.30. The molecule has 0 heterocycles. The van der Waals surface area contributed by atoms with Crippen LogP contribution in [0.4, 0.5) is 32.4 Å². The summed E-state index contributed by atoms with van der Waals surface area (Å²) in [6, 6.07) is 11.1. The van der Waals surface area contributed by atoms with Gasteiger partial charge in [-0.15, -0.1) is 11.8 Å². The van der Waals surface area contributed by atoms with E-state index in [-0.39, 0.29) is 16.0 Å². The van der Waals surface area contributed by atoms with Gasteiger partial charge in [-0.05, 0) is 55.0 Å². The summed E-state index contributed by atoms with van der Waals surface area (Å²) in [5.74, 6) is -3.48. The Hall–Kier alpha value is -3.11. The number of halogens is 6. The van der Waals surface area contributed by atoms with Crippen LogP contribution < -0.4 is 10.6 Å². The quantitative estimate of drug-likeness (QED) is 0.274. The predicted octanol–water partition coefficient (Wildman–Crippen LogP) is 7.45. The zero-order valence-corrected chi connectivity index (χ0v) is 18.9. The van der Waals surface area contributed by atoms with E-state index in [1.165, 1.54) is 36.0 Å². The van der Waals surface area contributed by atoms with E-state index in [4.69, 9.17) is 11.6 Å². The predicted molar refractivity (Wildman–Crippen MR) is 120 cm³/mol. The SMILES string of the molecule is CC(Sc1ccc(NC(=O)NC(=O)c2c(F)cccc2F)cc1Cl)c1ccc(C(F)(F)F)cc1. The second kappa shape index (κ2) is 10.4. The molecule has 3 rings (SSSR count). The summed E-state index contributed by atoms with van der Waals surface area (Å²) in [5, 5.41) is 4.19. The van der Waals surface area contributed by atoms with Crippen molar-refractivity contribution < 1.29 is 31.5 Å². The molecule has 0 aromatic heterocycles. The molecule has 0 saturated carbocycles. The molecule has 178 valence electrons. The van der Waals surface area contributed by atoms with Crippen LogP contribution in [-0.4, -0.2) is 11.9 Å². The molecule has 34 heavy (non-hydrogen) atoms. The third-order valence-corrected chi connectivity index (χ3v) is 6.28. The third-order valence-electron chi connectivity index (χ3n) is 4.62. The lowest BCUT2D eigenvalue weighted by molar-refractivity contribution is -0.137. The zero-order chi connectivity index (χ0) is 25.0. The van der Waals surface area contributed by atoms with E-state index in [2.05, 4.69) is 5.32 Å². The first-order chi connectivity index (χ1) is 16.0. The fraction of sp³-hybridized carbons (Fsp3) is 0.130. The van der Waals surface area contributed by atoms with Gasteiger partial charge >= 0.3 is 12.2 Å². The standard InChI is InChI=1S/C23H16ClF5N2O2S/c1-12(13-5-7-14(8-6-13)23(27,28)29)34-19-10-9-15(11-16(19)24)30-22(33)31-21(32)20-17(25)3-2-4-18(20)26/h2-12H,1H3,(H2,30,31,32,33). The highest BCUT2D eigenvalue weighted by atomic mass is 35.5. The number of thioether (sulfide) groups is 1. The summed E-state index contributed by atoms with van der Waals surface area (Å²) in [5.41, 5.74) is -0.763. The molecular formula is C23H16ClF5N2O2S. The van der Waals surface area contributed by atoms with Crippen LogP contribution in [0, 0.1) is 11.6 Å². The number of urea groups is 1. The molecule has 0 aliphatic carbocycles. The third kappa shape index (κ3) is 6.27. The van der Waals surface area contributed by atoms with Gasteiger partial charge in [0.2, 0.25) is 0 Å². The molecule has 3 aromatic carbocycles. The Kier molecular flexibility index (Phi) is 7.83. The Labute approximate surface area is 200 Å². The van der Waals surface area contributed by atoms with Crippen molar-refractivity contribution in [1.82, 2.24) is 5.32 Å². The van der Waals surface area contributed by atoms with E-state index in [1.807, 2.05) is 5.32 Å². The van der Waals surface area contributed by atoms with Gasteiger partial charge in [0, 0.05) is 15.8 Å². The minimum atomic E-state index is -4.42. The molecule has 1 atom stereocenters. The minimum absolute atomic E-state index is 0.204. The topological polar surface area (TPSA) is 58.2 Å². The number of hydrogen-bond acceptors (Lipinski definition) is 3. The number of carbonyl (C=O) groups excluding carboxylic acids is 2. The lowest BCUT2D eigenvalue weighted by Gasteiger charge is -2.15. The zero-order valence-electron chi connectivity index (χ0n) is 17.3. The molecule has 0 radical (unpaired) electrons. The van der Waals surface area contributed by atoms with Crippen LogP contribution in [0.5, 0.6) is 0 Å². The van der Waals surface area contributed by atoms with E-state index in [0.29, 0.717) is 10.5 Å². The Morgan fingerprint density at radius 1 is 0.971 bits per heavy atom. The van der Waals surface area contributed by atoms with Gasteiger partial charge in [0.1, 0.15) is 17.2 Å². The number of imide groups is 1. The fourth-order valence-electron chi connectivity index (χ4n) is 2.92. The average molecular weight is 515 g/mol. The van der Waals surface area contributed by atoms with Gasteiger partial charge in [-0.1, -0.05) is 29.8 Å².